The van der Waals surface area contributed by atoms with Crippen molar-refractivity contribution in [2.24, 2.45) is 4.99 Å². The Kier molecular flexibility index (Phi) is 10.3. The van der Waals surface area contributed by atoms with Gasteiger partial charge in [0.25, 0.3) is 0 Å². The van der Waals surface area contributed by atoms with Crippen molar-refractivity contribution in [1.82, 2.24) is 25.4 Å². The maximum atomic E-state index is 4.71. The Morgan fingerprint density at radius 3 is 2.63 bits per heavy atom. The van der Waals surface area contributed by atoms with Gasteiger partial charge in [-0.1, -0.05) is 18.2 Å². The first kappa shape index (κ1) is 24.3. The molecule has 2 aromatic heterocycles. The van der Waals surface area contributed by atoms with Crippen molar-refractivity contribution in [3.63, 3.8) is 0 Å². The topological polar surface area (TPSA) is 67.1 Å². The molecule has 0 aliphatic carbocycles. The van der Waals surface area contributed by atoms with Crippen molar-refractivity contribution in [2.75, 3.05) is 19.6 Å². The molecule has 0 aliphatic rings. The molecule has 2 N–H and O–H groups in total. The summed E-state index contributed by atoms with van der Waals surface area (Å²) in [6.45, 7) is 8.71. The maximum absolute atomic E-state index is 4.71. The number of nitrogens with one attached hydrogen (secondary N) is 2. The Hall–Kier alpha value is -1.94. The molecule has 0 amide bonds. The molecule has 3 aromatic rings. The van der Waals surface area contributed by atoms with Crippen LogP contribution in [0.2, 0.25) is 0 Å². The summed E-state index contributed by atoms with van der Waals surface area (Å²) in [5.41, 5.74) is 3.46. The average molecular weight is 539 g/mol. The number of rotatable bonds is 9. The Morgan fingerprint density at radius 2 is 1.93 bits per heavy atom. The Balaban J connectivity index is 0.00000320. The molecule has 0 radical (unpaired) electrons. The monoisotopic (exact) mass is 538 g/mol. The van der Waals surface area contributed by atoms with Crippen LogP contribution < -0.4 is 10.6 Å². The fraction of sp³-hybridized carbons (Fsp3) is 0.409. The van der Waals surface area contributed by atoms with Crippen LogP contribution in [0.15, 0.2) is 47.7 Å². The van der Waals surface area contributed by atoms with Crippen molar-refractivity contribution in [2.45, 2.75) is 40.0 Å². The highest BCUT2D eigenvalue weighted by Crippen LogP contribution is 2.13. The number of nitrogens with zero attached hydrogens (tertiary/aromatic N) is 4. The Morgan fingerprint density at radius 1 is 1.13 bits per heavy atom. The average Bonchev–Trinajstić information content (AvgIpc) is 3.31. The highest BCUT2D eigenvalue weighted by Gasteiger charge is 2.06. The molecule has 8 heteroatoms. The zero-order chi connectivity index (χ0) is 20.5. The molecule has 1 aromatic carbocycles. The normalized spacial score (nSPS) is 11.2. The maximum Gasteiger partial charge on any atom is 0.191 e. The molecule has 0 fully saturated rings. The molecule has 162 valence electrons. The van der Waals surface area contributed by atoms with Gasteiger partial charge in [-0.2, -0.15) is 5.10 Å². The summed E-state index contributed by atoms with van der Waals surface area (Å²) in [6, 6.07) is 10.2. The Labute approximate surface area is 200 Å². The molecule has 0 spiro atoms. The smallest absolute Gasteiger partial charge is 0.191 e. The van der Waals surface area contributed by atoms with Crippen LogP contribution in [0.25, 0.3) is 5.69 Å². The van der Waals surface area contributed by atoms with E-state index in [4.69, 9.17) is 4.99 Å². The molecular weight excluding hydrogens is 507 g/mol. The van der Waals surface area contributed by atoms with E-state index in [1.807, 2.05) is 29.1 Å². The number of aromatic nitrogens is 3. The summed E-state index contributed by atoms with van der Waals surface area (Å²) >= 11 is 1.75. The van der Waals surface area contributed by atoms with Gasteiger partial charge in [0.1, 0.15) is 0 Å². The van der Waals surface area contributed by atoms with Crippen molar-refractivity contribution in [3.8, 4) is 5.69 Å². The predicted molar refractivity (Wildman–Crippen MR) is 137 cm³/mol. The van der Waals surface area contributed by atoms with Crippen LogP contribution in [-0.2, 0) is 12.8 Å². The molecule has 0 saturated heterocycles. The van der Waals surface area contributed by atoms with Gasteiger partial charge >= 0.3 is 0 Å². The summed E-state index contributed by atoms with van der Waals surface area (Å²) in [7, 11) is 0. The number of halogens is 1. The van der Waals surface area contributed by atoms with Crippen molar-refractivity contribution >= 4 is 41.3 Å². The van der Waals surface area contributed by atoms with Gasteiger partial charge in [0.05, 0.1) is 16.4 Å². The summed E-state index contributed by atoms with van der Waals surface area (Å²) in [6.07, 6.45) is 6.94. The number of aryl methyl sites for hydroxylation is 3. The molecule has 0 atom stereocenters. The Bertz CT molecular complexity index is 919. The van der Waals surface area contributed by atoms with Crippen LogP contribution in [0.1, 0.15) is 34.5 Å². The summed E-state index contributed by atoms with van der Waals surface area (Å²) < 4.78 is 1.96. The first-order valence-electron chi connectivity index (χ1n) is 10.2. The minimum Gasteiger partial charge on any atom is -0.357 e. The number of guanidine groups is 1. The van der Waals surface area contributed by atoms with Crippen LogP contribution in [0.5, 0.6) is 0 Å². The SMILES string of the molecule is CCNC(=NCCCc1cn(-c2ccccc2)nc1C)NCCc1ncc(C)s1.I. The fourth-order valence-corrected chi connectivity index (χ4v) is 3.85. The molecule has 2 heterocycles. The lowest BCUT2D eigenvalue weighted by molar-refractivity contribution is 0.774. The van der Waals surface area contributed by atoms with Gasteiger partial charge in [-0.25, -0.2) is 9.67 Å². The van der Waals surface area contributed by atoms with E-state index in [1.54, 1.807) is 11.3 Å². The predicted octanol–water partition coefficient (Wildman–Crippen LogP) is 4.29. The minimum absolute atomic E-state index is 0. The highest BCUT2D eigenvalue weighted by molar-refractivity contribution is 14.0. The van der Waals surface area contributed by atoms with Crippen molar-refractivity contribution in [3.05, 3.63) is 63.9 Å². The van der Waals surface area contributed by atoms with E-state index < -0.39 is 0 Å². The van der Waals surface area contributed by atoms with Gasteiger partial charge in [-0.3, -0.25) is 4.99 Å². The largest absolute Gasteiger partial charge is 0.357 e. The molecule has 3 rings (SSSR count). The molecule has 0 aliphatic heterocycles. The van der Waals surface area contributed by atoms with Crippen molar-refractivity contribution in [1.29, 1.82) is 0 Å². The van der Waals surface area contributed by atoms with Crippen LogP contribution in [-0.4, -0.2) is 40.4 Å². The van der Waals surface area contributed by atoms with E-state index >= 15 is 0 Å². The summed E-state index contributed by atoms with van der Waals surface area (Å²) in [5.74, 6) is 0.873. The van der Waals surface area contributed by atoms with E-state index in [0.29, 0.717) is 0 Å². The fourth-order valence-electron chi connectivity index (χ4n) is 3.06. The van der Waals surface area contributed by atoms with Gasteiger partial charge in [0.15, 0.2) is 5.96 Å². The molecule has 30 heavy (non-hydrogen) atoms. The second kappa shape index (κ2) is 12.7. The van der Waals surface area contributed by atoms with E-state index in [0.717, 1.165) is 61.2 Å². The van der Waals surface area contributed by atoms with Crippen LogP contribution in [0.4, 0.5) is 0 Å². The van der Waals surface area contributed by atoms with Gasteiger partial charge in [0.2, 0.25) is 0 Å². The standard InChI is InChI=1S/C22H30N6S.HI/c1-4-23-22(25-14-12-21-26-15-17(2)29-21)24-13-8-9-19-16-28(27-18(19)3)20-10-6-5-7-11-20;/h5-7,10-11,15-16H,4,8-9,12-14H2,1-3H3,(H2,23,24,25);1H. The lowest BCUT2D eigenvalue weighted by atomic mass is 10.1. The first-order chi connectivity index (χ1) is 14.2. The molecule has 0 saturated carbocycles. The van der Waals surface area contributed by atoms with E-state index in [9.17, 15) is 0 Å². The molecular formula is C22H31IN6S. The quantitative estimate of drug-likeness (QED) is 0.185. The van der Waals surface area contributed by atoms with Gasteiger partial charge in [-0.15, -0.1) is 35.3 Å². The lowest BCUT2D eigenvalue weighted by Crippen LogP contribution is -2.38. The lowest BCUT2D eigenvalue weighted by Gasteiger charge is -2.10. The van der Waals surface area contributed by atoms with Crippen LogP contribution >= 0.6 is 35.3 Å². The van der Waals surface area contributed by atoms with E-state index in [-0.39, 0.29) is 24.0 Å². The summed E-state index contributed by atoms with van der Waals surface area (Å²) in [4.78, 5) is 10.4. The first-order valence-corrected chi connectivity index (χ1v) is 11.0. The van der Waals surface area contributed by atoms with Crippen molar-refractivity contribution < 1.29 is 0 Å². The third-order valence-electron chi connectivity index (χ3n) is 4.54. The van der Waals surface area contributed by atoms with Gasteiger partial charge < -0.3 is 10.6 Å². The zero-order valence-corrected chi connectivity index (χ0v) is 21.0. The van der Waals surface area contributed by atoms with Gasteiger partial charge in [0, 0.05) is 43.3 Å². The number of hydrogen-bond acceptors (Lipinski definition) is 4. The van der Waals surface area contributed by atoms with E-state index in [2.05, 4.69) is 59.8 Å². The number of hydrogen-bond donors (Lipinski definition) is 2. The third-order valence-corrected chi connectivity index (χ3v) is 5.51. The van der Waals surface area contributed by atoms with Crippen LogP contribution in [0.3, 0.4) is 0 Å². The number of thiazole rings is 1. The summed E-state index contributed by atoms with van der Waals surface area (Å²) in [5, 5.41) is 12.5. The number of aliphatic imine (C=N–C) groups is 1. The molecule has 0 unspecified atom stereocenters. The second-order valence-corrected chi connectivity index (χ2v) is 8.24. The van der Waals surface area contributed by atoms with E-state index in [1.165, 1.54) is 10.4 Å². The van der Waals surface area contributed by atoms with Gasteiger partial charge in [-0.05, 0) is 51.3 Å². The molecule has 0 bridgehead atoms. The van der Waals surface area contributed by atoms with Crippen LogP contribution in [0, 0.1) is 13.8 Å². The zero-order valence-electron chi connectivity index (χ0n) is 17.9. The second-order valence-electron chi connectivity index (χ2n) is 6.93. The third kappa shape index (κ3) is 7.39. The number of benzene rings is 1. The highest BCUT2D eigenvalue weighted by atomic mass is 127. The number of para-hydroxylation sites is 1. The minimum atomic E-state index is 0. The molecule has 6 nitrogen and oxygen atoms in total.